The van der Waals surface area contributed by atoms with E-state index in [1.54, 1.807) is 6.07 Å². The van der Waals surface area contributed by atoms with Gasteiger partial charge in [-0.2, -0.15) is 0 Å². The van der Waals surface area contributed by atoms with Crippen molar-refractivity contribution in [3.05, 3.63) is 34.1 Å². The lowest BCUT2D eigenvalue weighted by Gasteiger charge is -2.49. The van der Waals surface area contributed by atoms with E-state index in [0.717, 1.165) is 23.7 Å². The van der Waals surface area contributed by atoms with Crippen LogP contribution in [0.15, 0.2) is 22.7 Å². The number of aliphatic hydroxyl groups is 1. The molecule has 0 amide bonds. The highest BCUT2D eigenvalue weighted by molar-refractivity contribution is 9.10. The lowest BCUT2D eigenvalue weighted by molar-refractivity contribution is -0.0321. The largest absolute Gasteiger partial charge is 0.396 e. The Morgan fingerprint density at radius 3 is 2.56 bits per heavy atom. The number of nitrogens with zero attached hydrogens (tertiary/aromatic N) is 1. The molecule has 0 bridgehead atoms. The zero-order valence-electron chi connectivity index (χ0n) is 10.8. The molecule has 1 aliphatic carbocycles. The fourth-order valence-electron chi connectivity index (χ4n) is 3.03. The SMILES string of the molecule is CN(C)C(c1cc(Br)ccc1F)C1(CO)CCC1. The Kier molecular flexibility index (Phi) is 4.09. The van der Waals surface area contributed by atoms with Gasteiger partial charge in [-0.1, -0.05) is 22.4 Å². The van der Waals surface area contributed by atoms with E-state index in [1.807, 2.05) is 25.1 Å². The summed E-state index contributed by atoms with van der Waals surface area (Å²) in [4.78, 5) is 2.01. The first kappa shape index (κ1) is 14.0. The zero-order valence-corrected chi connectivity index (χ0v) is 12.4. The number of hydrogen-bond acceptors (Lipinski definition) is 2. The number of benzene rings is 1. The first-order chi connectivity index (χ1) is 8.50. The van der Waals surface area contributed by atoms with Crippen molar-refractivity contribution in [2.45, 2.75) is 25.3 Å². The molecule has 2 rings (SSSR count). The van der Waals surface area contributed by atoms with E-state index in [4.69, 9.17) is 0 Å². The van der Waals surface area contributed by atoms with E-state index >= 15 is 0 Å². The molecule has 1 fully saturated rings. The van der Waals surface area contributed by atoms with Crippen LogP contribution >= 0.6 is 15.9 Å². The Labute approximate surface area is 116 Å². The molecule has 1 aromatic carbocycles. The van der Waals surface area contributed by atoms with Crippen molar-refractivity contribution in [3.8, 4) is 0 Å². The van der Waals surface area contributed by atoms with Crippen LogP contribution in [0.2, 0.25) is 0 Å². The van der Waals surface area contributed by atoms with Crippen LogP contribution in [0.25, 0.3) is 0 Å². The highest BCUT2D eigenvalue weighted by atomic mass is 79.9. The van der Waals surface area contributed by atoms with E-state index in [9.17, 15) is 9.50 Å². The van der Waals surface area contributed by atoms with Gasteiger partial charge in [0.05, 0.1) is 6.61 Å². The zero-order chi connectivity index (χ0) is 13.3. The van der Waals surface area contributed by atoms with Gasteiger partial charge in [-0.3, -0.25) is 0 Å². The van der Waals surface area contributed by atoms with Crippen molar-refractivity contribution in [2.24, 2.45) is 5.41 Å². The highest BCUT2D eigenvalue weighted by Crippen LogP contribution is 2.52. The molecule has 1 aliphatic rings. The van der Waals surface area contributed by atoms with E-state index in [-0.39, 0.29) is 23.9 Å². The van der Waals surface area contributed by atoms with Gasteiger partial charge in [0.15, 0.2) is 0 Å². The van der Waals surface area contributed by atoms with Crippen LogP contribution in [0.3, 0.4) is 0 Å². The van der Waals surface area contributed by atoms with Crippen LogP contribution in [0.1, 0.15) is 30.9 Å². The fraction of sp³-hybridized carbons (Fsp3) is 0.571. The first-order valence-electron chi connectivity index (χ1n) is 6.22. The first-order valence-corrected chi connectivity index (χ1v) is 7.02. The van der Waals surface area contributed by atoms with E-state index in [0.29, 0.717) is 5.56 Å². The van der Waals surface area contributed by atoms with Crippen molar-refractivity contribution in [1.29, 1.82) is 0 Å². The third kappa shape index (κ3) is 2.33. The van der Waals surface area contributed by atoms with E-state index < -0.39 is 0 Å². The van der Waals surface area contributed by atoms with Crippen molar-refractivity contribution >= 4 is 15.9 Å². The number of rotatable bonds is 4. The van der Waals surface area contributed by atoms with Gasteiger partial charge in [0.2, 0.25) is 0 Å². The number of halogens is 2. The summed E-state index contributed by atoms with van der Waals surface area (Å²) in [6, 6.07) is 4.95. The van der Waals surface area contributed by atoms with Crippen molar-refractivity contribution in [1.82, 2.24) is 4.90 Å². The van der Waals surface area contributed by atoms with Crippen LogP contribution < -0.4 is 0 Å². The molecule has 100 valence electrons. The molecule has 1 aromatic rings. The van der Waals surface area contributed by atoms with Crippen LogP contribution in [0, 0.1) is 11.2 Å². The summed E-state index contributed by atoms with van der Waals surface area (Å²) < 4.78 is 15.0. The molecule has 0 aliphatic heterocycles. The smallest absolute Gasteiger partial charge is 0.128 e. The second-order valence-electron chi connectivity index (χ2n) is 5.41. The second kappa shape index (κ2) is 5.27. The predicted molar refractivity (Wildman–Crippen MR) is 73.9 cm³/mol. The maximum absolute atomic E-state index is 14.1. The average Bonchev–Trinajstić information content (AvgIpc) is 2.26. The summed E-state index contributed by atoms with van der Waals surface area (Å²) in [6.07, 6.45) is 3.02. The Morgan fingerprint density at radius 2 is 2.11 bits per heavy atom. The molecule has 0 radical (unpaired) electrons. The predicted octanol–water partition coefficient (Wildman–Crippen LogP) is 3.35. The summed E-state index contributed by atoms with van der Waals surface area (Å²) in [7, 11) is 3.89. The maximum Gasteiger partial charge on any atom is 0.128 e. The quantitative estimate of drug-likeness (QED) is 0.921. The molecular weight excluding hydrogens is 297 g/mol. The number of hydrogen-bond donors (Lipinski definition) is 1. The molecule has 0 heterocycles. The minimum absolute atomic E-state index is 0.0752. The Balaban J connectivity index is 2.44. The molecule has 18 heavy (non-hydrogen) atoms. The normalized spacial score (nSPS) is 19.7. The van der Waals surface area contributed by atoms with Crippen molar-refractivity contribution < 1.29 is 9.50 Å². The molecule has 2 nitrogen and oxygen atoms in total. The van der Waals surface area contributed by atoms with Gasteiger partial charge in [0, 0.05) is 21.5 Å². The van der Waals surface area contributed by atoms with Gasteiger partial charge in [0.1, 0.15) is 5.82 Å². The maximum atomic E-state index is 14.1. The third-order valence-corrected chi connectivity index (χ3v) is 4.51. The molecule has 0 saturated heterocycles. The molecular formula is C14H19BrFNO. The lowest BCUT2D eigenvalue weighted by Crippen LogP contribution is -2.45. The summed E-state index contributed by atoms with van der Waals surface area (Å²) in [5.41, 5.74) is 0.480. The summed E-state index contributed by atoms with van der Waals surface area (Å²) in [5, 5.41) is 9.72. The standard InChI is InChI=1S/C14H19BrFNO/c1-17(2)13(14(9-18)6-3-7-14)11-8-10(15)4-5-12(11)16/h4-5,8,13,18H,3,6-7,9H2,1-2H3. The molecule has 1 unspecified atom stereocenters. The minimum atomic E-state index is -0.198. The molecule has 1 atom stereocenters. The van der Waals surface area contributed by atoms with Crippen molar-refractivity contribution in [3.63, 3.8) is 0 Å². The fourth-order valence-corrected chi connectivity index (χ4v) is 3.41. The van der Waals surface area contributed by atoms with Gasteiger partial charge in [0.25, 0.3) is 0 Å². The summed E-state index contributed by atoms with van der Waals surface area (Å²) in [5.74, 6) is -0.198. The van der Waals surface area contributed by atoms with Crippen LogP contribution in [-0.4, -0.2) is 30.7 Å². The molecule has 4 heteroatoms. The molecule has 0 spiro atoms. The van der Waals surface area contributed by atoms with Gasteiger partial charge in [-0.15, -0.1) is 0 Å². The van der Waals surface area contributed by atoms with Gasteiger partial charge in [-0.05, 0) is 45.1 Å². The number of aliphatic hydroxyl groups excluding tert-OH is 1. The third-order valence-electron chi connectivity index (χ3n) is 4.01. The molecule has 1 saturated carbocycles. The monoisotopic (exact) mass is 315 g/mol. The van der Waals surface area contributed by atoms with E-state index in [2.05, 4.69) is 15.9 Å². The summed E-state index contributed by atoms with van der Waals surface area (Å²) in [6.45, 7) is 0.113. The Bertz CT molecular complexity index is 426. The highest BCUT2D eigenvalue weighted by Gasteiger charge is 2.46. The van der Waals surface area contributed by atoms with Gasteiger partial charge in [-0.25, -0.2) is 4.39 Å². The molecule has 1 N–H and O–H groups in total. The lowest BCUT2D eigenvalue weighted by atomic mass is 9.62. The second-order valence-corrected chi connectivity index (χ2v) is 6.32. The summed E-state index contributed by atoms with van der Waals surface area (Å²) >= 11 is 3.39. The Hall–Kier alpha value is -0.450. The average molecular weight is 316 g/mol. The van der Waals surface area contributed by atoms with Gasteiger partial charge >= 0.3 is 0 Å². The van der Waals surface area contributed by atoms with Crippen molar-refractivity contribution in [2.75, 3.05) is 20.7 Å². The van der Waals surface area contributed by atoms with Crippen LogP contribution in [0.5, 0.6) is 0 Å². The Morgan fingerprint density at radius 1 is 1.44 bits per heavy atom. The van der Waals surface area contributed by atoms with Crippen LogP contribution in [-0.2, 0) is 0 Å². The van der Waals surface area contributed by atoms with Gasteiger partial charge < -0.3 is 10.0 Å². The topological polar surface area (TPSA) is 23.5 Å². The minimum Gasteiger partial charge on any atom is -0.396 e. The van der Waals surface area contributed by atoms with Crippen LogP contribution in [0.4, 0.5) is 4.39 Å². The molecule has 0 aromatic heterocycles. The van der Waals surface area contributed by atoms with E-state index in [1.165, 1.54) is 6.07 Å².